The Kier molecular flexibility index (Phi) is 4.58. The van der Waals surface area contributed by atoms with E-state index in [1.807, 2.05) is 30.3 Å². The summed E-state index contributed by atoms with van der Waals surface area (Å²) in [5, 5.41) is 3.55. The lowest BCUT2D eigenvalue weighted by atomic mass is 9.89. The fourth-order valence-electron chi connectivity index (χ4n) is 3.09. The van der Waals surface area contributed by atoms with Crippen LogP contribution < -0.4 is 14.8 Å². The molecule has 23 heavy (non-hydrogen) atoms. The first-order valence-electron chi connectivity index (χ1n) is 8.30. The average molecular weight is 311 g/mol. The van der Waals surface area contributed by atoms with Crippen LogP contribution in [-0.4, -0.2) is 12.1 Å². The van der Waals surface area contributed by atoms with Crippen molar-refractivity contribution < 1.29 is 9.47 Å². The number of rotatable bonds is 5. The third kappa shape index (κ3) is 3.85. The first-order valence-corrected chi connectivity index (χ1v) is 8.30. The van der Waals surface area contributed by atoms with E-state index in [2.05, 4.69) is 44.3 Å². The van der Waals surface area contributed by atoms with Crippen LogP contribution in [0, 0.1) is 0 Å². The molecule has 3 nitrogen and oxygen atoms in total. The van der Waals surface area contributed by atoms with E-state index in [0.29, 0.717) is 12.6 Å². The highest BCUT2D eigenvalue weighted by Gasteiger charge is 2.33. The minimum Gasteiger partial charge on any atom is -0.489 e. The first kappa shape index (κ1) is 15.9. The zero-order valence-corrected chi connectivity index (χ0v) is 14.1. The summed E-state index contributed by atoms with van der Waals surface area (Å²) in [5.74, 6) is 1.78. The molecule has 1 aliphatic rings. The summed E-state index contributed by atoms with van der Waals surface area (Å²) in [5.41, 5.74) is 2.22. The summed E-state index contributed by atoms with van der Waals surface area (Å²) in [6, 6.07) is 16.7. The Morgan fingerprint density at radius 3 is 2.70 bits per heavy atom. The Morgan fingerprint density at radius 1 is 1.17 bits per heavy atom. The SMILES string of the molecule is CCNC1CC(C)(C)Oc2cc(OCc3ccccc3)ccc21. The molecular formula is C20H25NO2. The quantitative estimate of drug-likeness (QED) is 0.883. The van der Waals surface area contributed by atoms with Crippen LogP contribution in [0.1, 0.15) is 44.4 Å². The van der Waals surface area contributed by atoms with Crippen molar-refractivity contribution in [1.29, 1.82) is 0 Å². The number of ether oxygens (including phenoxy) is 2. The zero-order valence-electron chi connectivity index (χ0n) is 14.1. The van der Waals surface area contributed by atoms with Crippen LogP contribution in [0.15, 0.2) is 48.5 Å². The van der Waals surface area contributed by atoms with Crippen molar-refractivity contribution in [3.8, 4) is 11.5 Å². The summed E-state index contributed by atoms with van der Waals surface area (Å²) in [4.78, 5) is 0. The molecule has 0 radical (unpaired) electrons. The van der Waals surface area contributed by atoms with Gasteiger partial charge in [0.2, 0.25) is 0 Å². The predicted octanol–water partition coefficient (Wildman–Crippen LogP) is 4.48. The van der Waals surface area contributed by atoms with E-state index in [4.69, 9.17) is 9.47 Å². The monoisotopic (exact) mass is 311 g/mol. The molecule has 1 aliphatic heterocycles. The summed E-state index contributed by atoms with van der Waals surface area (Å²) < 4.78 is 12.1. The number of fused-ring (bicyclic) bond motifs is 1. The molecule has 0 aromatic heterocycles. The standard InChI is InChI=1S/C20H25NO2/c1-4-21-18-13-20(2,3)23-19-12-16(10-11-17(18)19)22-14-15-8-6-5-7-9-15/h5-12,18,21H,4,13-14H2,1-3H3. The number of nitrogens with one attached hydrogen (secondary N) is 1. The summed E-state index contributed by atoms with van der Waals surface area (Å²) in [7, 11) is 0. The number of hydrogen-bond acceptors (Lipinski definition) is 3. The molecule has 0 bridgehead atoms. The Bertz CT molecular complexity index is 652. The predicted molar refractivity (Wildman–Crippen MR) is 93.0 cm³/mol. The lowest BCUT2D eigenvalue weighted by Gasteiger charge is -2.38. The maximum atomic E-state index is 6.17. The van der Waals surface area contributed by atoms with Crippen molar-refractivity contribution in [2.24, 2.45) is 0 Å². The molecule has 0 fully saturated rings. The minimum absolute atomic E-state index is 0.169. The zero-order chi connectivity index (χ0) is 16.3. The minimum atomic E-state index is -0.169. The van der Waals surface area contributed by atoms with E-state index in [0.717, 1.165) is 30.0 Å². The average Bonchev–Trinajstić information content (AvgIpc) is 2.53. The normalized spacial score (nSPS) is 18.8. The van der Waals surface area contributed by atoms with E-state index in [9.17, 15) is 0 Å². The molecule has 0 spiro atoms. The van der Waals surface area contributed by atoms with Crippen LogP contribution in [0.5, 0.6) is 11.5 Å². The largest absolute Gasteiger partial charge is 0.489 e. The Morgan fingerprint density at radius 2 is 1.96 bits per heavy atom. The van der Waals surface area contributed by atoms with Crippen LogP contribution in [0.25, 0.3) is 0 Å². The molecular weight excluding hydrogens is 286 g/mol. The van der Waals surface area contributed by atoms with Gasteiger partial charge in [-0.3, -0.25) is 0 Å². The van der Waals surface area contributed by atoms with Gasteiger partial charge in [-0.2, -0.15) is 0 Å². The van der Waals surface area contributed by atoms with E-state index in [-0.39, 0.29) is 5.60 Å². The second-order valence-corrected chi connectivity index (χ2v) is 6.65. The fourth-order valence-corrected chi connectivity index (χ4v) is 3.09. The van der Waals surface area contributed by atoms with Gasteiger partial charge in [0.05, 0.1) is 0 Å². The van der Waals surface area contributed by atoms with E-state index in [1.54, 1.807) is 0 Å². The van der Waals surface area contributed by atoms with Gasteiger partial charge in [-0.1, -0.05) is 43.3 Å². The molecule has 1 atom stereocenters. The molecule has 3 heteroatoms. The molecule has 1 heterocycles. The van der Waals surface area contributed by atoms with Crippen LogP contribution >= 0.6 is 0 Å². The van der Waals surface area contributed by atoms with Gasteiger partial charge in [-0.25, -0.2) is 0 Å². The second kappa shape index (κ2) is 6.63. The maximum Gasteiger partial charge on any atom is 0.128 e. The molecule has 0 saturated heterocycles. The molecule has 1 N–H and O–H groups in total. The molecule has 0 aliphatic carbocycles. The van der Waals surface area contributed by atoms with Crippen molar-refractivity contribution in [2.75, 3.05) is 6.54 Å². The van der Waals surface area contributed by atoms with Crippen molar-refractivity contribution in [1.82, 2.24) is 5.32 Å². The van der Waals surface area contributed by atoms with Crippen LogP contribution in [-0.2, 0) is 6.61 Å². The number of hydrogen-bond donors (Lipinski definition) is 1. The second-order valence-electron chi connectivity index (χ2n) is 6.65. The third-order valence-corrected chi connectivity index (χ3v) is 4.14. The van der Waals surface area contributed by atoms with Crippen LogP contribution in [0.2, 0.25) is 0 Å². The van der Waals surface area contributed by atoms with Crippen LogP contribution in [0.3, 0.4) is 0 Å². The lowest BCUT2D eigenvalue weighted by Crippen LogP contribution is -2.39. The Labute approximate surface area is 138 Å². The van der Waals surface area contributed by atoms with Crippen molar-refractivity contribution in [3.63, 3.8) is 0 Å². The molecule has 2 aromatic carbocycles. The van der Waals surface area contributed by atoms with Gasteiger partial charge < -0.3 is 14.8 Å². The van der Waals surface area contributed by atoms with Crippen molar-refractivity contribution in [2.45, 2.75) is 45.4 Å². The third-order valence-electron chi connectivity index (χ3n) is 4.14. The smallest absolute Gasteiger partial charge is 0.128 e. The molecule has 122 valence electrons. The molecule has 0 saturated carbocycles. The van der Waals surface area contributed by atoms with Gasteiger partial charge in [0.15, 0.2) is 0 Å². The van der Waals surface area contributed by atoms with E-state index >= 15 is 0 Å². The van der Waals surface area contributed by atoms with Gasteiger partial charge in [-0.05, 0) is 32.0 Å². The number of benzene rings is 2. The highest BCUT2D eigenvalue weighted by molar-refractivity contribution is 5.44. The van der Waals surface area contributed by atoms with Gasteiger partial charge in [0.25, 0.3) is 0 Å². The van der Waals surface area contributed by atoms with Gasteiger partial charge in [-0.15, -0.1) is 0 Å². The highest BCUT2D eigenvalue weighted by atomic mass is 16.5. The first-order chi connectivity index (χ1) is 11.1. The summed E-state index contributed by atoms with van der Waals surface area (Å²) in [6.07, 6.45) is 0.970. The molecule has 2 aromatic rings. The fraction of sp³-hybridized carbons (Fsp3) is 0.400. The van der Waals surface area contributed by atoms with E-state index in [1.165, 1.54) is 5.56 Å². The summed E-state index contributed by atoms with van der Waals surface area (Å²) in [6.45, 7) is 7.93. The molecule has 1 unspecified atom stereocenters. The van der Waals surface area contributed by atoms with Crippen molar-refractivity contribution in [3.05, 3.63) is 59.7 Å². The maximum absolute atomic E-state index is 6.17. The highest BCUT2D eigenvalue weighted by Crippen LogP contribution is 2.41. The van der Waals surface area contributed by atoms with Gasteiger partial charge in [0.1, 0.15) is 23.7 Å². The lowest BCUT2D eigenvalue weighted by molar-refractivity contribution is 0.0660. The Hall–Kier alpha value is -2.00. The molecule has 0 amide bonds. The van der Waals surface area contributed by atoms with Crippen molar-refractivity contribution >= 4 is 0 Å². The topological polar surface area (TPSA) is 30.5 Å². The van der Waals surface area contributed by atoms with Crippen LogP contribution in [0.4, 0.5) is 0 Å². The van der Waals surface area contributed by atoms with Gasteiger partial charge >= 0.3 is 0 Å². The molecule has 3 rings (SSSR count). The van der Waals surface area contributed by atoms with E-state index < -0.39 is 0 Å². The Balaban J connectivity index is 1.78. The summed E-state index contributed by atoms with van der Waals surface area (Å²) >= 11 is 0. The van der Waals surface area contributed by atoms with Gasteiger partial charge in [0, 0.05) is 24.1 Å².